The first kappa shape index (κ1) is 13.4. The molecule has 0 bridgehead atoms. The van der Waals surface area contributed by atoms with Crippen molar-refractivity contribution in [3.05, 3.63) is 58.1 Å². The van der Waals surface area contributed by atoms with Crippen LogP contribution < -0.4 is 11.1 Å². The molecule has 3 N–H and O–H groups in total. The molecule has 0 saturated heterocycles. The third-order valence-corrected chi connectivity index (χ3v) is 4.14. The van der Waals surface area contributed by atoms with E-state index in [4.69, 9.17) is 5.73 Å². The third-order valence-electron chi connectivity index (χ3n) is 4.14. The number of hydrogen-bond acceptors (Lipinski definition) is 4. The van der Waals surface area contributed by atoms with E-state index >= 15 is 0 Å². The third kappa shape index (κ3) is 2.21. The van der Waals surface area contributed by atoms with Gasteiger partial charge in [0.1, 0.15) is 5.82 Å². The van der Waals surface area contributed by atoms with Crippen molar-refractivity contribution in [2.45, 2.75) is 32.1 Å². The van der Waals surface area contributed by atoms with E-state index in [-0.39, 0.29) is 11.7 Å². The highest BCUT2D eigenvalue weighted by atomic mass is 16.1. The van der Waals surface area contributed by atoms with Crippen molar-refractivity contribution in [2.75, 3.05) is 0 Å². The van der Waals surface area contributed by atoms with Gasteiger partial charge < -0.3 is 11.1 Å². The number of ketones is 1. The van der Waals surface area contributed by atoms with Crippen molar-refractivity contribution in [1.29, 1.82) is 5.26 Å². The SMILES string of the molecule is Cc1ccc(C2C(C#N)=C(N)NC3=C2C(=O)CCC3)cc1. The second-order valence-electron chi connectivity index (χ2n) is 5.58. The van der Waals surface area contributed by atoms with Gasteiger partial charge in [0.15, 0.2) is 5.78 Å². The van der Waals surface area contributed by atoms with Crippen molar-refractivity contribution in [1.82, 2.24) is 5.32 Å². The van der Waals surface area contributed by atoms with Gasteiger partial charge in [-0.05, 0) is 25.3 Å². The lowest BCUT2D eigenvalue weighted by Gasteiger charge is -2.32. The van der Waals surface area contributed by atoms with Gasteiger partial charge in [-0.15, -0.1) is 0 Å². The maximum atomic E-state index is 12.4. The summed E-state index contributed by atoms with van der Waals surface area (Å²) in [5.41, 5.74) is 10.1. The number of Topliss-reactive ketones (excluding diaryl/α,β-unsaturated/α-hetero) is 1. The highest BCUT2D eigenvalue weighted by molar-refractivity contribution is 5.99. The summed E-state index contributed by atoms with van der Waals surface area (Å²) in [5, 5.41) is 12.5. The lowest BCUT2D eigenvalue weighted by Crippen LogP contribution is -2.35. The lowest BCUT2D eigenvalue weighted by atomic mass is 9.76. The fourth-order valence-electron chi connectivity index (χ4n) is 3.08. The molecule has 1 heterocycles. The molecule has 1 atom stereocenters. The van der Waals surface area contributed by atoms with Crippen LogP contribution in [0.3, 0.4) is 0 Å². The lowest BCUT2D eigenvalue weighted by molar-refractivity contribution is -0.116. The van der Waals surface area contributed by atoms with E-state index in [1.165, 1.54) is 0 Å². The number of nitriles is 1. The highest BCUT2D eigenvalue weighted by Gasteiger charge is 2.36. The maximum Gasteiger partial charge on any atom is 0.161 e. The van der Waals surface area contributed by atoms with Crippen molar-refractivity contribution in [2.24, 2.45) is 5.73 Å². The standard InChI is InChI=1S/C17H17N3O/c1-10-5-7-11(8-6-10)15-12(9-18)17(19)20-13-3-2-4-14(21)16(13)15/h5-8,15,20H,2-4,19H2,1H3. The summed E-state index contributed by atoms with van der Waals surface area (Å²) in [6.07, 6.45) is 2.19. The van der Waals surface area contributed by atoms with E-state index in [0.29, 0.717) is 17.8 Å². The van der Waals surface area contributed by atoms with E-state index in [9.17, 15) is 10.1 Å². The number of allylic oxidation sites excluding steroid dienone is 3. The molecule has 1 unspecified atom stereocenters. The number of dihydropyridines is 1. The predicted octanol–water partition coefficient (Wildman–Crippen LogP) is 2.38. The number of rotatable bonds is 1. The van der Waals surface area contributed by atoms with Crippen LogP contribution in [0, 0.1) is 18.3 Å². The number of aryl methyl sites for hydroxylation is 1. The molecule has 4 nitrogen and oxygen atoms in total. The first-order chi connectivity index (χ1) is 10.1. The Morgan fingerprint density at radius 1 is 1.29 bits per heavy atom. The molecule has 2 aliphatic rings. The van der Waals surface area contributed by atoms with Crippen molar-refractivity contribution < 1.29 is 4.79 Å². The molecule has 3 rings (SSSR count). The molecule has 0 fully saturated rings. The van der Waals surface area contributed by atoms with Crippen LogP contribution >= 0.6 is 0 Å². The predicted molar refractivity (Wildman–Crippen MR) is 79.8 cm³/mol. The summed E-state index contributed by atoms with van der Waals surface area (Å²) in [4.78, 5) is 12.4. The largest absolute Gasteiger partial charge is 0.384 e. The topological polar surface area (TPSA) is 78.9 Å². The van der Waals surface area contributed by atoms with E-state index < -0.39 is 0 Å². The van der Waals surface area contributed by atoms with Gasteiger partial charge in [0.2, 0.25) is 0 Å². The minimum absolute atomic E-state index is 0.120. The summed E-state index contributed by atoms with van der Waals surface area (Å²) >= 11 is 0. The molecule has 0 radical (unpaired) electrons. The second-order valence-corrected chi connectivity index (χ2v) is 5.58. The van der Waals surface area contributed by atoms with Crippen LogP contribution in [0.2, 0.25) is 0 Å². The van der Waals surface area contributed by atoms with Crippen LogP contribution in [0.4, 0.5) is 0 Å². The Kier molecular flexibility index (Phi) is 3.26. The molecule has 1 aromatic rings. The number of benzene rings is 1. The van der Waals surface area contributed by atoms with Crippen molar-refractivity contribution in [3.63, 3.8) is 0 Å². The first-order valence-electron chi connectivity index (χ1n) is 7.11. The molecule has 0 aromatic heterocycles. The van der Waals surface area contributed by atoms with E-state index in [2.05, 4.69) is 11.4 Å². The van der Waals surface area contributed by atoms with Crippen LogP contribution in [0.15, 0.2) is 46.9 Å². The molecule has 0 amide bonds. The molecule has 106 valence electrons. The zero-order chi connectivity index (χ0) is 15.0. The molecule has 4 heteroatoms. The van der Waals surface area contributed by atoms with Gasteiger partial charge in [-0.25, -0.2) is 0 Å². The summed E-state index contributed by atoms with van der Waals surface area (Å²) in [5.74, 6) is 0.158. The average molecular weight is 279 g/mol. The molecule has 0 spiro atoms. The molecular formula is C17H17N3O. The van der Waals surface area contributed by atoms with E-state index in [1.807, 2.05) is 31.2 Å². The Balaban J connectivity index is 2.17. The number of nitrogens with one attached hydrogen (secondary N) is 1. The second kappa shape index (κ2) is 5.10. The van der Waals surface area contributed by atoms with E-state index in [0.717, 1.165) is 35.2 Å². The monoisotopic (exact) mass is 279 g/mol. The van der Waals surface area contributed by atoms with Gasteiger partial charge in [0, 0.05) is 17.7 Å². The fourth-order valence-corrected chi connectivity index (χ4v) is 3.08. The van der Waals surface area contributed by atoms with Crippen LogP contribution in [-0.4, -0.2) is 5.78 Å². The van der Waals surface area contributed by atoms with E-state index in [1.54, 1.807) is 0 Å². The van der Waals surface area contributed by atoms with Gasteiger partial charge in [-0.2, -0.15) is 5.26 Å². The average Bonchev–Trinajstić information content (AvgIpc) is 2.47. The molecular weight excluding hydrogens is 262 g/mol. The number of carbonyl (C=O) groups excluding carboxylic acids is 1. The summed E-state index contributed by atoms with van der Waals surface area (Å²) in [7, 11) is 0. The van der Waals surface area contributed by atoms with Gasteiger partial charge in [-0.3, -0.25) is 4.79 Å². The Morgan fingerprint density at radius 3 is 2.67 bits per heavy atom. The number of carbonyl (C=O) groups is 1. The van der Waals surface area contributed by atoms with Crippen LogP contribution in [0.25, 0.3) is 0 Å². The van der Waals surface area contributed by atoms with Gasteiger partial charge >= 0.3 is 0 Å². The van der Waals surface area contributed by atoms with Gasteiger partial charge in [-0.1, -0.05) is 29.8 Å². The first-order valence-corrected chi connectivity index (χ1v) is 7.11. The smallest absolute Gasteiger partial charge is 0.161 e. The Morgan fingerprint density at radius 2 is 2.00 bits per heavy atom. The number of nitrogens with two attached hydrogens (primary N) is 1. The Labute approximate surface area is 123 Å². The maximum absolute atomic E-state index is 12.4. The van der Waals surface area contributed by atoms with Crippen molar-refractivity contribution in [3.8, 4) is 6.07 Å². The molecule has 1 aliphatic carbocycles. The molecule has 1 aromatic carbocycles. The zero-order valence-electron chi connectivity index (χ0n) is 11.9. The van der Waals surface area contributed by atoms with Crippen LogP contribution in [0.1, 0.15) is 36.3 Å². The molecule has 1 aliphatic heterocycles. The summed E-state index contributed by atoms with van der Waals surface area (Å²) < 4.78 is 0. The number of hydrogen-bond donors (Lipinski definition) is 2. The van der Waals surface area contributed by atoms with Crippen LogP contribution in [-0.2, 0) is 4.79 Å². The normalized spacial score (nSPS) is 21.7. The quantitative estimate of drug-likeness (QED) is 0.827. The Hall–Kier alpha value is -2.54. The van der Waals surface area contributed by atoms with Gasteiger partial charge in [0.05, 0.1) is 17.6 Å². The fraction of sp³-hybridized carbons (Fsp3) is 0.294. The summed E-state index contributed by atoms with van der Waals surface area (Å²) in [6, 6.07) is 10.1. The minimum Gasteiger partial charge on any atom is -0.384 e. The molecule has 21 heavy (non-hydrogen) atoms. The van der Waals surface area contributed by atoms with Crippen LogP contribution in [0.5, 0.6) is 0 Å². The number of nitrogens with zero attached hydrogens (tertiary/aromatic N) is 1. The van der Waals surface area contributed by atoms with Gasteiger partial charge in [0.25, 0.3) is 0 Å². The minimum atomic E-state index is -0.334. The molecule has 0 saturated carbocycles. The highest BCUT2D eigenvalue weighted by Crippen LogP contribution is 2.40. The van der Waals surface area contributed by atoms with Crippen molar-refractivity contribution >= 4 is 5.78 Å². The summed E-state index contributed by atoms with van der Waals surface area (Å²) in [6.45, 7) is 2.01. The zero-order valence-corrected chi connectivity index (χ0v) is 11.9. The Bertz CT molecular complexity index is 705.